The minimum atomic E-state index is -4.87. The summed E-state index contributed by atoms with van der Waals surface area (Å²) < 4.78 is 76.4. The second-order valence-electron chi connectivity index (χ2n) is 4.61. The molecule has 2 rings (SSSR count). The summed E-state index contributed by atoms with van der Waals surface area (Å²) in [4.78, 5) is 10.8. The van der Waals surface area contributed by atoms with Crippen LogP contribution in [0.5, 0.6) is 0 Å². The topological polar surface area (TPSA) is 55.1 Å². The number of nitrogens with zero attached hydrogens (tertiary/aromatic N) is 2. The van der Waals surface area contributed by atoms with Gasteiger partial charge in [-0.25, -0.2) is 4.79 Å². The number of aromatic nitrogens is 2. The lowest BCUT2D eigenvalue weighted by atomic mass is 9.99. The van der Waals surface area contributed by atoms with Crippen LogP contribution < -0.4 is 0 Å². The van der Waals surface area contributed by atoms with Gasteiger partial charge in [-0.2, -0.15) is 31.4 Å². The zero-order chi connectivity index (χ0) is 17.4. The van der Waals surface area contributed by atoms with Crippen LogP contribution in [0.15, 0.2) is 30.6 Å². The molecule has 124 valence electrons. The number of hydrogen-bond donors (Lipinski definition) is 1. The molecule has 0 unspecified atom stereocenters. The maximum Gasteiger partial charge on any atom is 0.417 e. The molecular weight excluding hydrogens is 330 g/mol. The van der Waals surface area contributed by atoms with Crippen LogP contribution >= 0.6 is 0 Å². The Bertz CT molecular complexity index is 733. The normalized spacial score (nSPS) is 12.4. The fourth-order valence-corrected chi connectivity index (χ4v) is 1.94. The molecule has 0 amide bonds. The third-order valence-corrected chi connectivity index (χ3v) is 2.86. The van der Waals surface area contributed by atoms with E-state index in [4.69, 9.17) is 5.11 Å². The number of aromatic carboxylic acids is 1. The average molecular weight is 338 g/mol. The van der Waals surface area contributed by atoms with Gasteiger partial charge < -0.3 is 5.11 Å². The molecule has 0 saturated carbocycles. The van der Waals surface area contributed by atoms with Gasteiger partial charge in [-0.3, -0.25) is 4.68 Å². The quantitative estimate of drug-likeness (QED) is 0.866. The highest BCUT2D eigenvalue weighted by molar-refractivity contribution is 5.89. The summed E-state index contributed by atoms with van der Waals surface area (Å²) in [6.45, 7) is -1.44. The van der Waals surface area contributed by atoms with Crippen LogP contribution in [0.1, 0.15) is 15.9 Å². The number of carboxylic acid groups (broad SMARTS) is 1. The SMILES string of the molecule is O=C(O)c1ccc(-c2cnn(CC(F)(F)F)c2)c(C(F)(F)F)c1. The van der Waals surface area contributed by atoms with Crippen molar-refractivity contribution in [2.45, 2.75) is 18.9 Å². The fourth-order valence-electron chi connectivity index (χ4n) is 1.94. The molecule has 0 aliphatic rings. The fraction of sp³-hybridized carbons (Fsp3) is 0.231. The smallest absolute Gasteiger partial charge is 0.417 e. The maximum absolute atomic E-state index is 13.1. The van der Waals surface area contributed by atoms with Crippen molar-refractivity contribution in [3.8, 4) is 11.1 Å². The van der Waals surface area contributed by atoms with E-state index in [9.17, 15) is 31.1 Å². The van der Waals surface area contributed by atoms with Gasteiger partial charge in [0.05, 0.1) is 17.3 Å². The standard InChI is InChI=1S/C13H8F6N2O2/c14-12(15,16)6-21-5-8(4-20-21)9-2-1-7(11(22)23)3-10(9)13(17,18)19/h1-5H,6H2,(H,22,23). The minimum absolute atomic E-state index is 0.196. The Labute approximate surface area is 125 Å². The number of rotatable bonds is 3. The van der Waals surface area contributed by atoms with Gasteiger partial charge in [0.25, 0.3) is 0 Å². The predicted octanol–water partition coefficient (Wildman–Crippen LogP) is 3.83. The molecule has 0 radical (unpaired) electrons. The van der Waals surface area contributed by atoms with Gasteiger partial charge in [0, 0.05) is 11.8 Å². The van der Waals surface area contributed by atoms with E-state index in [0.29, 0.717) is 10.7 Å². The maximum atomic E-state index is 13.1. The van der Waals surface area contributed by atoms with E-state index in [1.54, 1.807) is 0 Å². The molecule has 0 fully saturated rings. The number of carbonyl (C=O) groups is 1. The first kappa shape index (κ1) is 16.8. The van der Waals surface area contributed by atoms with Gasteiger partial charge in [0.1, 0.15) is 6.54 Å². The first-order chi connectivity index (χ1) is 10.5. The first-order valence-electron chi connectivity index (χ1n) is 6.01. The molecule has 1 aromatic carbocycles. The van der Waals surface area contributed by atoms with Crippen LogP contribution in [-0.4, -0.2) is 27.0 Å². The van der Waals surface area contributed by atoms with Crippen molar-refractivity contribution in [1.29, 1.82) is 0 Å². The lowest BCUT2D eigenvalue weighted by molar-refractivity contribution is -0.142. The number of carboxylic acids is 1. The van der Waals surface area contributed by atoms with Gasteiger partial charge in [-0.1, -0.05) is 6.07 Å². The molecule has 0 bridgehead atoms. The highest BCUT2D eigenvalue weighted by atomic mass is 19.4. The lowest BCUT2D eigenvalue weighted by Crippen LogP contribution is -2.17. The van der Waals surface area contributed by atoms with Crippen LogP contribution in [0.2, 0.25) is 0 Å². The van der Waals surface area contributed by atoms with E-state index < -0.39 is 41.6 Å². The second-order valence-corrected chi connectivity index (χ2v) is 4.61. The number of alkyl halides is 6. The molecule has 1 heterocycles. The number of hydrogen-bond acceptors (Lipinski definition) is 2. The second kappa shape index (κ2) is 5.60. The highest BCUT2D eigenvalue weighted by Crippen LogP contribution is 2.37. The first-order valence-corrected chi connectivity index (χ1v) is 6.01. The molecule has 1 N–H and O–H groups in total. The van der Waals surface area contributed by atoms with Gasteiger partial charge in [0.15, 0.2) is 0 Å². The molecule has 0 aliphatic heterocycles. The van der Waals surface area contributed by atoms with E-state index >= 15 is 0 Å². The van der Waals surface area contributed by atoms with E-state index in [2.05, 4.69) is 5.10 Å². The third kappa shape index (κ3) is 4.02. The van der Waals surface area contributed by atoms with Crippen molar-refractivity contribution >= 4 is 5.97 Å². The van der Waals surface area contributed by atoms with E-state index in [1.165, 1.54) is 0 Å². The van der Waals surface area contributed by atoms with E-state index in [-0.39, 0.29) is 5.56 Å². The van der Waals surface area contributed by atoms with Gasteiger partial charge >= 0.3 is 18.3 Å². The average Bonchev–Trinajstić information content (AvgIpc) is 2.83. The minimum Gasteiger partial charge on any atom is -0.478 e. The Kier molecular flexibility index (Phi) is 4.10. The molecule has 0 atom stereocenters. The van der Waals surface area contributed by atoms with Crippen molar-refractivity contribution in [2.24, 2.45) is 0 Å². The molecule has 10 heteroatoms. The van der Waals surface area contributed by atoms with Gasteiger partial charge in [-0.05, 0) is 17.7 Å². The Balaban J connectivity index is 2.49. The van der Waals surface area contributed by atoms with Gasteiger partial charge in [0.2, 0.25) is 0 Å². The highest BCUT2D eigenvalue weighted by Gasteiger charge is 2.35. The Hall–Kier alpha value is -2.52. The lowest BCUT2D eigenvalue weighted by Gasteiger charge is -2.12. The van der Waals surface area contributed by atoms with Crippen molar-refractivity contribution in [2.75, 3.05) is 0 Å². The summed E-state index contributed by atoms with van der Waals surface area (Å²) in [5.41, 5.74) is -2.48. The molecule has 0 aliphatic carbocycles. The summed E-state index contributed by atoms with van der Waals surface area (Å²) in [6, 6.07) is 2.26. The van der Waals surface area contributed by atoms with Crippen LogP contribution in [-0.2, 0) is 12.7 Å². The molecule has 0 spiro atoms. The number of benzene rings is 1. The van der Waals surface area contributed by atoms with Crippen molar-refractivity contribution in [3.63, 3.8) is 0 Å². The Morgan fingerprint density at radius 1 is 1.17 bits per heavy atom. The zero-order valence-electron chi connectivity index (χ0n) is 11.1. The summed E-state index contributed by atoms with van der Waals surface area (Å²) in [7, 11) is 0. The molecular formula is C13H8F6N2O2. The van der Waals surface area contributed by atoms with Crippen LogP contribution in [0.25, 0.3) is 11.1 Å². The van der Waals surface area contributed by atoms with E-state index in [1.807, 2.05) is 0 Å². The summed E-state index contributed by atoms with van der Waals surface area (Å²) in [5, 5.41) is 12.1. The van der Waals surface area contributed by atoms with Gasteiger partial charge in [-0.15, -0.1) is 0 Å². The monoisotopic (exact) mass is 338 g/mol. The van der Waals surface area contributed by atoms with Crippen molar-refractivity contribution in [1.82, 2.24) is 9.78 Å². The Morgan fingerprint density at radius 2 is 1.83 bits per heavy atom. The molecule has 4 nitrogen and oxygen atoms in total. The summed E-state index contributed by atoms with van der Waals surface area (Å²) in [6.07, 6.45) is -7.76. The summed E-state index contributed by atoms with van der Waals surface area (Å²) in [5.74, 6) is -1.55. The molecule has 23 heavy (non-hydrogen) atoms. The summed E-state index contributed by atoms with van der Waals surface area (Å²) >= 11 is 0. The molecule has 2 aromatic rings. The zero-order valence-corrected chi connectivity index (χ0v) is 11.1. The van der Waals surface area contributed by atoms with E-state index in [0.717, 1.165) is 24.5 Å². The molecule has 0 saturated heterocycles. The largest absolute Gasteiger partial charge is 0.478 e. The Morgan fingerprint density at radius 3 is 2.35 bits per heavy atom. The van der Waals surface area contributed by atoms with Crippen molar-refractivity contribution in [3.05, 3.63) is 41.7 Å². The predicted molar refractivity (Wildman–Crippen MR) is 65.7 cm³/mol. The third-order valence-electron chi connectivity index (χ3n) is 2.86. The van der Waals surface area contributed by atoms with Crippen LogP contribution in [0.4, 0.5) is 26.3 Å². The number of halogens is 6. The van der Waals surface area contributed by atoms with Crippen LogP contribution in [0, 0.1) is 0 Å². The molecule has 1 aromatic heterocycles. The van der Waals surface area contributed by atoms with Crippen molar-refractivity contribution < 1.29 is 36.2 Å². The van der Waals surface area contributed by atoms with Crippen LogP contribution in [0.3, 0.4) is 0 Å².